The standard InChI is InChI=1S/C23H28N4O3.H2/c1-4-29-22-11-19(8-5-16(22)12-24)30-18-9-6-17(7-10-18)27-23(28)21-14-25-20(13-26-21)15(2)3;/h5,8,11,13-15,17-18H,4,6-7,9-10H2,1-3H3,(H,27,28);1H. The van der Waals surface area contributed by atoms with E-state index in [2.05, 4.69) is 21.4 Å². The molecule has 1 aromatic carbocycles. The number of amides is 1. The number of aromatic nitrogens is 2. The van der Waals surface area contributed by atoms with Gasteiger partial charge in [0.05, 0.1) is 30.2 Å². The van der Waals surface area contributed by atoms with Crippen molar-refractivity contribution in [2.75, 3.05) is 6.61 Å². The maximum atomic E-state index is 12.4. The topological polar surface area (TPSA) is 97.1 Å². The third-order valence-corrected chi connectivity index (χ3v) is 5.18. The van der Waals surface area contributed by atoms with Crippen LogP contribution in [0.4, 0.5) is 0 Å². The Morgan fingerprint density at radius 3 is 2.63 bits per heavy atom. The number of carbonyl (C=O) groups is 1. The normalized spacial score (nSPS) is 18.5. The van der Waals surface area contributed by atoms with Crippen LogP contribution < -0.4 is 14.8 Å². The van der Waals surface area contributed by atoms with E-state index in [1.807, 2.05) is 20.8 Å². The summed E-state index contributed by atoms with van der Waals surface area (Å²) in [6.07, 6.45) is 6.63. The highest BCUT2D eigenvalue weighted by Crippen LogP contribution is 2.28. The lowest BCUT2D eigenvalue weighted by molar-refractivity contribution is 0.0888. The summed E-state index contributed by atoms with van der Waals surface area (Å²) in [7, 11) is 0. The first kappa shape index (κ1) is 21.6. The third kappa shape index (κ3) is 5.47. The number of nitrogens with one attached hydrogen (secondary N) is 1. The molecule has 0 unspecified atom stereocenters. The zero-order valence-corrected chi connectivity index (χ0v) is 17.7. The van der Waals surface area contributed by atoms with Crippen molar-refractivity contribution < 1.29 is 15.7 Å². The van der Waals surface area contributed by atoms with Gasteiger partial charge in [0.15, 0.2) is 0 Å². The first-order valence-electron chi connectivity index (χ1n) is 10.5. The van der Waals surface area contributed by atoms with Crippen molar-refractivity contribution in [2.45, 2.75) is 64.5 Å². The first-order chi connectivity index (χ1) is 14.5. The second-order valence-electron chi connectivity index (χ2n) is 7.75. The average Bonchev–Trinajstić information content (AvgIpc) is 2.75. The summed E-state index contributed by atoms with van der Waals surface area (Å²) in [5.41, 5.74) is 1.72. The highest BCUT2D eigenvalue weighted by Gasteiger charge is 2.24. The lowest BCUT2D eigenvalue weighted by atomic mass is 9.93. The number of rotatable bonds is 7. The van der Waals surface area contributed by atoms with Crippen LogP contribution in [0.5, 0.6) is 11.5 Å². The van der Waals surface area contributed by atoms with Gasteiger partial charge in [-0.3, -0.25) is 9.78 Å². The van der Waals surface area contributed by atoms with Crippen LogP contribution in [0.25, 0.3) is 0 Å². The van der Waals surface area contributed by atoms with Gasteiger partial charge in [0.1, 0.15) is 23.3 Å². The van der Waals surface area contributed by atoms with E-state index in [0.29, 0.717) is 29.4 Å². The summed E-state index contributed by atoms with van der Waals surface area (Å²) in [6, 6.07) is 7.52. The molecule has 1 aliphatic carbocycles. The van der Waals surface area contributed by atoms with Crippen LogP contribution >= 0.6 is 0 Å². The molecular weight excluding hydrogens is 380 g/mol. The second-order valence-corrected chi connectivity index (χ2v) is 7.75. The minimum atomic E-state index is -0.185. The quantitative estimate of drug-likeness (QED) is 0.733. The van der Waals surface area contributed by atoms with Crippen molar-refractivity contribution in [1.29, 1.82) is 5.26 Å². The molecule has 1 heterocycles. The van der Waals surface area contributed by atoms with Crippen LogP contribution in [-0.2, 0) is 0 Å². The molecule has 0 radical (unpaired) electrons. The molecule has 30 heavy (non-hydrogen) atoms. The van der Waals surface area contributed by atoms with Crippen LogP contribution in [0.3, 0.4) is 0 Å². The van der Waals surface area contributed by atoms with Crippen molar-refractivity contribution in [3.63, 3.8) is 0 Å². The van der Waals surface area contributed by atoms with E-state index >= 15 is 0 Å². The minimum Gasteiger partial charge on any atom is -0.492 e. The molecular formula is C23H30N4O3. The van der Waals surface area contributed by atoms with E-state index in [9.17, 15) is 4.79 Å². The van der Waals surface area contributed by atoms with Crippen molar-refractivity contribution in [3.05, 3.63) is 47.5 Å². The van der Waals surface area contributed by atoms with Gasteiger partial charge in [-0.2, -0.15) is 5.26 Å². The Kier molecular flexibility index (Phi) is 7.23. The number of benzene rings is 1. The van der Waals surface area contributed by atoms with Gasteiger partial charge in [-0.15, -0.1) is 0 Å². The second kappa shape index (κ2) is 10.1. The molecule has 0 saturated heterocycles. The third-order valence-electron chi connectivity index (χ3n) is 5.18. The Morgan fingerprint density at radius 1 is 1.27 bits per heavy atom. The Labute approximate surface area is 178 Å². The number of ether oxygens (including phenoxy) is 2. The first-order valence-corrected chi connectivity index (χ1v) is 10.5. The van der Waals surface area contributed by atoms with Gasteiger partial charge in [-0.25, -0.2) is 4.98 Å². The van der Waals surface area contributed by atoms with Gasteiger partial charge in [0, 0.05) is 19.7 Å². The van der Waals surface area contributed by atoms with Crippen LogP contribution in [0.15, 0.2) is 30.6 Å². The summed E-state index contributed by atoms with van der Waals surface area (Å²) in [6.45, 7) is 6.46. The van der Waals surface area contributed by atoms with Gasteiger partial charge in [0.25, 0.3) is 5.91 Å². The smallest absolute Gasteiger partial charge is 0.271 e. The highest BCUT2D eigenvalue weighted by molar-refractivity contribution is 5.92. The van der Waals surface area contributed by atoms with E-state index in [4.69, 9.17) is 14.7 Å². The monoisotopic (exact) mass is 410 g/mol. The molecule has 1 N–H and O–H groups in total. The summed E-state index contributed by atoms with van der Waals surface area (Å²) in [5, 5.41) is 12.2. The van der Waals surface area contributed by atoms with E-state index in [-0.39, 0.29) is 25.4 Å². The molecule has 1 amide bonds. The number of nitriles is 1. The molecule has 3 rings (SSSR count). The fraction of sp³-hybridized carbons (Fsp3) is 0.478. The molecule has 1 aromatic heterocycles. The minimum absolute atomic E-state index is 0. The lowest BCUT2D eigenvalue weighted by Crippen LogP contribution is -2.40. The van der Waals surface area contributed by atoms with Gasteiger partial charge >= 0.3 is 0 Å². The van der Waals surface area contributed by atoms with E-state index < -0.39 is 0 Å². The molecule has 0 atom stereocenters. The van der Waals surface area contributed by atoms with E-state index in [1.54, 1.807) is 30.6 Å². The van der Waals surface area contributed by atoms with Gasteiger partial charge in [-0.05, 0) is 50.7 Å². The molecule has 160 valence electrons. The molecule has 7 nitrogen and oxygen atoms in total. The molecule has 2 aromatic rings. The molecule has 1 aliphatic rings. The maximum Gasteiger partial charge on any atom is 0.271 e. The number of hydrogen-bond donors (Lipinski definition) is 1. The van der Waals surface area contributed by atoms with E-state index in [1.165, 1.54) is 0 Å². The average molecular weight is 411 g/mol. The Bertz CT molecular complexity index is 904. The predicted octanol–water partition coefficient (Wildman–Crippen LogP) is 4.24. The zero-order valence-electron chi connectivity index (χ0n) is 17.7. The summed E-state index contributed by atoms with van der Waals surface area (Å²) in [4.78, 5) is 21.0. The van der Waals surface area contributed by atoms with Crippen molar-refractivity contribution in [2.24, 2.45) is 0 Å². The maximum absolute atomic E-state index is 12.4. The van der Waals surface area contributed by atoms with Gasteiger partial charge in [0.2, 0.25) is 0 Å². The van der Waals surface area contributed by atoms with Crippen LogP contribution in [0, 0.1) is 11.3 Å². The fourth-order valence-electron chi connectivity index (χ4n) is 3.47. The van der Waals surface area contributed by atoms with Crippen LogP contribution in [-0.4, -0.2) is 34.6 Å². The number of nitrogens with zero attached hydrogens (tertiary/aromatic N) is 3. The summed E-state index contributed by atoms with van der Waals surface area (Å²) >= 11 is 0. The van der Waals surface area contributed by atoms with Crippen LogP contribution in [0.2, 0.25) is 0 Å². The largest absolute Gasteiger partial charge is 0.492 e. The molecule has 7 heteroatoms. The zero-order chi connectivity index (χ0) is 21.5. The SMILES string of the molecule is CCOc1cc(OC2CCC(NC(=O)c3cnc(C(C)C)cn3)CC2)ccc1C#N.[HH]. The Balaban J connectivity index is 0.00000341. The Morgan fingerprint density at radius 2 is 2.03 bits per heavy atom. The summed E-state index contributed by atoms with van der Waals surface area (Å²) < 4.78 is 11.6. The van der Waals surface area contributed by atoms with Gasteiger partial charge < -0.3 is 14.8 Å². The molecule has 0 spiro atoms. The summed E-state index contributed by atoms with van der Waals surface area (Å²) in [5.74, 6) is 1.34. The lowest BCUT2D eigenvalue weighted by Gasteiger charge is -2.29. The van der Waals surface area contributed by atoms with Crippen LogP contribution in [0.1, 0.15) is 75.5 Å². The molecule has 0 bridgehead atoms. The number of carbonyl (C=O) groups excluding carboxylic acids is 1. The van der Waals surface area contributed by atoms with Crippen molar-refractivity contribution in [1.82, 2.24) is 15.3 Å². The fourth-order valence-corrected chi connectivity index (χ4v) is 3.47. The van der Waals surface area contributed by atoms with E-state index in [0.717, 1.165) is 31.4 Å². The predicted molar refractivity (Wildman–Crippen MR) is 115 cm³/mol. The number of hydrogen-bond acceptors (Lipinski definition) is 6. The highest BCUT2D eigenvalue weighted by atomic mass is 16.5. The molecule has 1 saturated carbocycles. The van der Waals surface area contributed by atoms with Crippen molar-refractivity contribution >= 4 is 5.91 Å². The van der Waals surface area contributed by atoms with Crippen molar-refractivity contribution in [3.8, 4) is 17.6 Å². The molecule has 0 aliphatic heterocycles. The Hall–Kier alpha value is -3.14. The molecule has 1 fully saturated rings. The van der Waals surface area contributed by atoms with Gasteiger partial charge in [-0.1, -0.05) is 13.8 Å².